The fourth-order valence-corrected chi connectivity index (χ4v) is 1.66. The SMILES string of the molecule is CC(C)C(=O)N[C@H](C(=O)NCc1cccnc1)C(C)C. The average molecular weight is 277 g/mol. The first-order valence-corrected chi connectivity index (χ1v) is 6.88. The highest BCUT2D eigenvalue weighted by atomic mass is 16.2. The Morgan fingerprint density at radius 3 is 2.40 bits per heavy atom. The molecule has 0 fully saturated rings. The first-order valence-electron chi connectivity index (χ1n) is 6.88. The minimum absolute atomic E-state index is 0.0339. The Morgan fingerprint density at radius 2 is 1.90 bits per heavy atom. The van der Waals surface area contributed by atoms with Gasteiger partial charge < -0.3 is 10.6 Å². The van der Waals surface area contributed by atoms with Crippen LogP contribution >= 0.6 is 0 Å². The van der Waals surface area contributed by atoms with E-state index < -0.39 is 6.04 Å². The van der Waals surface area contributed by atoms with Crippen LogP contribution in [0.2, 0.25) is 0 Å². The molecule has 1 aromatic rings. The Labute approximate surface area is 120 Å². The maximum Gasteiger partial charge on any atom is 0.243 e. The predicted octanol–water partition coefficient (Wildman–Crippen LogP) is 1.49. The Balaban J connectivity index is 2.58. The van der Waals surface area contributed by atoms with Gasteiger partial charge in [-0.3, -0.25) is 14.6 Å². The summed E-state index contributed by atoms with van der Waals surface area (Å²) in [5.74, 6) is -0.382. The van der Waals surface area contributed by atoms with Crippen LogP contribution in [0, 0.1) is 11.8 Å². The van der Waals surface area contributed by atoms with Gasteiger partial charge in [0.2, 0.25) is 11.8 Å². The highest BCUT2D eigenvalue weighted by molar-refractivity contribution is 5.88. The molecule has 0 aliphatic rings. The fourth-order valence-electron chi connectivity index (χ4n) is 1.66. The number of nitrogens with zero attached hydrogens (tertiary/aromatic N) is 1. The first-order chi connectivity index (χ1) is 9.41. The van der Waals surface area contributed by atoms with E-state index in [4.69, 9.17) is 0 Å². The van der Waals surface area contributed by atoms with Crippen LogP contribution in [0.3, 0.4) is 0 Å². The first kappa shape index (κ1) is 16.1. The quantitative estimate of drug-likeness (QED) is 0.827. The second-order valence-corrected chi connectivity index (χ2v) is 5.46. The maximum atomic E-state index is 12.2. The highest BCUT2D eigenvalue weighted by Crippen LogP contribution is 2.05. The fraction of sp³-hybridized carbons (Fsp3) is 0.533. The summed E-state index contributed by atoms with van der Waals surface area (Å²) in [5.41, 5.74) is 0.929. The van der Waals surface area contributed by atoms with Gasteiger partial charge in [-0.2, -0.15) is 0 Å². The molecule has 1 aromatic heterocycles. The van der Waals surface area contributed by atoms with Crippen LogP contribution < -0.4 is 10.6 Å². The normalized spacial score (nSPS) is 12.3. The summed E-state index contributed by atoms with van der Waals surface area (Å²) in [6.07, 6.45) is 3.39. The molecule has 20 heavy (non-hydrogen) atoms. The van der Waals surface area contributed by atoms with Crippen LogP contribution in [-0.2, 0) is 16.1 Å². The molecule has 0 aliphatic heterocycles. The van der Waals surface area contributed by atoms with E-state index in [-0.39, 0.29) is 23.7 Å². The molecule has 0 aliphatic carbocycles. The summed E-state index contributed by atoms with van der Waals surface area (Å²) in [6, 6.07) is 3.20. The van der Waals surface area contributed by atoms with E-state index in [0.717, 1.165) is 5.56 Å². The van der Waals surface area contributed by atoms with E-state index >= 15 is 0 Å². The Kier molecular flexibility index (Phi) is 6.15. The molecule has 2 N–H and O–H groups in total. The van der Waals surface area contributed by atoms with Crippen molar-refractivity contribution in [1.29, 1.82) is 0 Å². The minimum Gasteiger partial charge on any atom is -0.350 e. The van der Waals surface area contributed by atoms with Gasteiger partial charge in [0.05, 0.1) is 0 Å². The third kappa shape index (κ3) is 4.99. The summed E-state index contributed by atoms with van der Waals surface area (Å²) in [4.78, 5) is 27.9. The molecular formula is C15H23N3O2. The molecule has 5 heteroatoms. The molecule has 0 bridgehead atoms. The lowest BCUT2D eigenvalue weighted by Gasteiger charge is -2.22. The number of amides is 2. The molecule has 0 saturated carbocycles. The minimum atomic E-state index is -0.512. The predicted molar refractivity (Wildman–Crippen MR) is 77.7 cm³/mol. The van der Waals surface area contributed by atoms with Gasteiger partial charge in [-0.1, -0.05) is 33.8 Å². The monoisotopic (exact) mass is 277 g/mol. The number of aromatic nitrogens is 1. The number of rotatable bonds is 6. The molecule has 0 radical (unpaired) electrons. The molecular weight excluding hydrogens is 254 g/mol. The van der Waals surface area contributed by atoms with Crippen molar-refractivity contribution in [3.63, 3.8) is 0 Å². The van der Waals surface area contributed by atoms with Crippen molar-refractivity contribution in [2.24, 2.45) is 11.8 Å². The smallest absolute Gasteiger partial charge is 0.243 e. The van der Waals surface area contributed by atoms with Crippen molar-refractivity contribution in [2.75, 3.05) is 0 Å². The number of carbonyl (C=O) groups is 2. The Hall–Kier alpha value is -1.91. The van der Waals surface area contributed by atoms with Crippen LogP contribution in [0.5, 0.6) is 0 Å². The average Bonchev–Trinajstić information content (AvgIpc) is 2.42. The largest absolute Gasteiger partial charge is 0.350 e. The van der Waals surface area contributed by atoms with Gasteiger partial charge in [-0.15, -0.1) is 0 Å². The molecule has 110 valence electrons. The third-order valence-electron chi connectivity index (χ3n) is 2.96. The van der Waals surface area contributed by atoms with Crippen molar-refractivity contribution in [3.8, 4) is 0 Å². The second-order valence-electron chi connectivity index (χ2n) is 5.46. The molecule has 0 unspecified atom stereocenters. The van der Waals surface area contributed by atoms with E-state index in [1.165, 1.54) is 0 Å². The maximum absolute atomic E-state index is 12.2. The molecule has 0 aromatic carbocycles. The Morgan fingerprint density at radius 1 is 1.20 bits per heavy atom. The molecule has 1 rings (SSSR count). The van der Waals surface area contributed by atoms with Gasteiger partial charge >= 0.3 is 0 Å². The van der Waals surface area contributed by atoms with Crippen LogP contribution in [0.1, 0.15) is 33.3 Å². The standard InChI is InChI=1S/C15H23N3O2/c1-10(2)13(18-14(19)11(3)4)15(20)17-9-12-6-5-7-16-8-12/h5-8,10-11,13H,9H2,1-4H3,(H,17,20)(H,18,19)/t13-/m0/s1. The van der Waals surface area contributed by atoms with Gasteiger partial charge in [0, 0.05) is 24.9 Å². The second kappa shape index (κ2) is 7.62. The van der Waals surface area contributed by atoms with Crippen LogP contribution in [0.15, 0.2) is 24.5 Å². The summed E-state index contributed by atoms with van der Waals surface area (Å²) in [6.45, 7) is 7.85. The number of nitrogens with one attached hydrogen (secondary N) is 2. The molecule has 1 heterocycles. The van der Waals surface area contributed by atoms with Crippen molar-refractivity contribution < 1.29 is 9.59 Å². The van der Waals surface area contributed by atoms with Crippen molar-refractivity contribution >= 4 is 11.8 Å². The zero-order valence-corrected chi connectivity index (χ0v) is 12.5. The summed E-state index contributed by atoms with van der Waals surface area (Å²) < 4.78 is 0. The van der Waals surface area contributed by atoms with E-state index in [1.54, 1.807) is 26.2 Å². The van der Waals surface area contributed by atoms with E-state index in [9.17, 15) is 9.59 Å². The van der Waals surface area contributed by atoms with Crippen molar-refractivity contribution in [3.05, 3.63) is 30.1 Å². The zero-order valence-electron chi connectivity index (χ0n) is 12.5. The third-order valence-corrected chi connectivity index (χ3v) is 2.96. The lowest BCUT2D eigenvalue weighted by atomic mass is 10.0. The summed E-state index contributed by atoms with van der Waals surface area (Å²) >= 11 is 0. The van der Waals surface area contributed by atoms with E-state index in [1.807, 2.05) is 26.0 Å². The van der Waals surface area contributed by atoms with Gasteiger partial charge in [-0.25, -0.2) is 0 Å². The molecule has 0 spiro atoms. The summed E-state index contributed by atoms with van der Waals surface area (Å²) in [5, 5.41) is 5.62. The van der Waals surface area contributed by atoms with Crippen LogP contribution in [-0.4, -0.2) is 22.8 Å². The number of hydrogen-bond donors (Lipinski definition) is 2. The topological polar surface area (TPSA) is 71.1 Å². The number of carbonyl (C=O) groups excluding carboxylic acids is 2. The Bertz CT molecular complexity index is 444. The van der Waals surface area contributed by atoms with Crippen molar-refractivity contribution in [2.45, 2.75) is 40.3 Å². The molecule has 0 saturated heterocycles. The molecule has 1 atom stereocenters. The number of hydrogen-bond acceptors (Lipinski definition) is 3. The molecule has 2 amide bonds. The lowest BCUT2D eigenvalue weighted by Crippen LogP contribution is -2.50. The zero-order chi connectivity index (χ0) is 15.1. The van der Waals surface area contributed by atoms with Gasteiger partial charge in [-0.05, 0) is 17.5 Å². The van der Waals surface area contributed by atoms with Gasteiger partial charge in [0.25, 0.3) is 0 Å². The van der Waals surface area contributed by atoms with Gasteiger partial charge in [0.15, 0.2) is 0 Å². The lowest BCUT2D eigenvalue weighted by molar-refractivity contribution is -0.131. The van der Waals surface area contributed by atoms with Crippen LogP contribution in [0.4, 0.5) is 0 Å². The van der Waals surface area contributed by atoms with E-state index in [2.05, 4.69) is 15.6 Å². The van der Waals surface area contributed by atoms with Crippen LogP contribution in [0.25, 0.3) is 0 Å². The van der Waals surface area contributed by atoms with Crippen molar-refractivity contribution in [1.82, 2.24) is 15.6 Å². The highest BCUT2D eigenvalue weighted by Gasteiger charge is 2.24. The molecule has 5 nitrogen and oxygen atoms in total. The number of pyridine rings is 1. The van der Waals surface area contributed by atoms with E-state index in [0.29, 0.717) is 6.54 Å². The van der Waals surface area contributed by atoms with Gasteiger partial charge in [0.1, 0.15) is 6.04 Å². The summed E-state index contributed by atoms with van der Waals surface area (Å²) in [7, 11) is 0.